The maximum atomic E-state index is 11.2. The fraction of sp³-hybridized carbons (Fsp3) is 0.300. The Balaban J connectivity index is 2.50. The summed E-state index contributed by atoms with van der Waals surface area (Å²) in [6, 6.07) is 3.24. The van der Waals surface area contributed by atoms with Crippen molar-refractivity contribution < 1.29 is 19.2 Å². The van der Waals surface area contributed by atoms with E-state index in [1.165, 1.54) is 0 Å². The Morgan fingerprint density at radius 3 is 3.06 bits per heavy atom. The molecule has 1 unspecified atom stereocenters. The fourth-order valence-corrected chi connectivity index (χ4v) is 1.78. The molecule has 17 heavy (non-hydrogen) atoms. The molecule has 1 aliphatic heterocycles. The van der Waals surface area contributed by atoms with Crippen LogP contribution in [0.2, 0.25) is 0 Å². The number of nitrogens with two attached hydrogens (primary N) is 1. The molecule has 1 aromatic rings. The topological polar surface area (TPSA) is 93.8 Å². The van der Waals surface area contributed by atoms with E-state index in [2.05, 4.69) is 14.8 Å². The number of rotatable bonds is 3. The minimum absolute atomic E-state index is 0.0596. The smallest absolute Gasteiger partial charge is 0.262 e. The van der Waals surface area contributed by atoms with Gasteiger partial charge in [0.05, 0.1) is 21.3 Å². The van der Waals surface area contributed by atoms with Gasteiger partial charge in [0.25, 0.3) is 5.91 Å². The fourth-order valence-electron chi connectivity index (χ4n) is 1.64. The summed E-state index contributed by atoms with van der Waals surface area (Å²) in [6.45, 7) is -0.0115. The lowest BCUT2D eigenvalue weighted by molar-refractivity contribution is -0.118. The molecule has 0 aromatic heterocycles. The van der Waals surface area contributed by atoms with Gasteiger partial charge in [0, 0.05) is 18.2 Å². The van der Waals surface area contributed by atoms with E-state index in [-0.39, 0.29) is 19.1 Å². The van der Waals surface area contributed by atoms with Gasteiger partial charge < -0.3 is 25.4 Å². The molecule has 1 aliphatic rings. The molecular weight excluding hydrogens is 243 g/mol. The predicted molar refractivity (Wildman–Crippen MR) is 64.9 cm³/mol. The van der Waals surface area contributed by atoms with Crippen LogP contribution in [0.5, 0.6) is 11.5 Å². The lowest BCUT2D eigenvalue weighted by Crippen LogP contribution is -2.27. The Labute approximate surface area is 100 Å². The number of anilines is 1. The molecule has 0 saturated heterocycles. The number of carbonyl (C=O) groups excluding carboxylic acids is 1. The highest BCUT2D eigenvalue weighted by atomic mass is 31.0. The van der Waals surface area contributed by atoms with Gasteiger partial charge in [0.1, 0.15) is 11.5 Å². The van der Waals surface area contributed by atoms with Crippen molar-refractivity contribution in [3.8, 4) is 11.5 Å². The first-order valence-corrected chi connectivity index (χ1v) is 5.48. The molecule has 0 spiro atoms. The summed E-state index contributed by atoms with van der Waals surface area (Å²) in [4.78, 5) is 11.2. The molecule has 1 amide bonds. The zero-order valence-corrected chi connectivity index (χ0v) is 10.1. The van der Waals surface area contributed by atoms with Gasteiger partial charge in [-0.3, -0.25) is 4.79 Å². The monoisotopic (exact) mass is 256 g/mol. The van der Waals surface area contributed by atoms with Crippen molar-refractivity contribution in [2.75, 3.05) is 18.5 Å². The van der Waals surface area contributed by atoms with Crippen LogP contribution in [-0.2, 0) is 4.79 Å². The van der Waals surface area contributed by atoms with Crippen LogP contribution in [0.3, 0.4) is 0 Å². The van der Waals surface area contributed by atoms with Crippen LogP contribution in [0.1, 0.15) is 11.7 Å². The number of ether oxygens (including phenoxy) is 1. The molecule has 0 aliphatic carbocycles. The van der Waals surface area contributed by atoms with Crippen molar-refractivity contribution in [3.63, 3.8) is 0 Å². The van der Waals surface area contributed by atoms with Crippen molar-refractivity contribution in [2.45, 2.75) is 6.10 Å². The molecule has 0 fully saturated rings. The number of benzene rings is 1. The number of nitrogens with one attached hydrogen (secondary N) is 1. The number of amides is 1. The average Bonchev–Trinajstić information content (AvgIpc) is 2.35. The summed E-state index contributed by atoms with van der Waals surface area (Å²) in [7, 11) is 2.10. The van der Waals surface area contributed by atoms with Crippen molar-refractivity contribution in [2.24, 2.45) is 5.73 Å². The number of aliphatic hydroxyl groups excluding tert-OH is 1. The van der Waals surface area contributed by atoms with Crippen LogP contribution in [0.15, 0.2) is 12.1 Å². The molecule has 0 bridgehead atoms. The van der Waals surface area contributed by atoms with Crippen LogP contribution in [0.4, 0.5) is 5.69 Å². The average molecular weight is 256 g/mol. The van der Waals surface area contributed by atoms with Crippen molar-refractivity contribution in [1.29, 1.82) is 0 Å². The summed E-state index contributed by atoms with van der Waals surface area (Å²) in [5, 5.41) is 12.4. The van der Waals surface area contributed by atoms with Gasteiger partial charge in [0.15, 0.2) is 6.61 Å². The Kier molecular flexibility index (Phi) is 3.47. The van der Waals surface area contributed by atoms with E-state index in [1.54, 1.807) is 12.1 Å². The van der Waals surface area contributed by atoms with E-state index in [9.17, 15) is 9.90 Å². The van der Waals surface area contributed by atoms with Gasteiger partial charge in [-0.1, -0.05) is 0 Å². The Bertz CT molecular complexity index is 452. The van der Waals surface area contributed by atoms with Gasteiger partial charge in [-0.05, 0) is 6.07 Å². The maximum Gasteiger partial charge on any atom is 0.262 e. The number of hydrogen-bond donors (Lipinski definition) is 3. The second-order valence-electron chi connectivity index (χ2n) is 3.60. The van der Waals surface area contributed by atoms with Gasteiger partial charge in [-0.2, -0.15) is 0 Å². The molecule has 0 radical (unpaired) electrons. The Morgan fingerprint density at radius 1 is 1.65 bits per heavy atom. The SMILES string of the molecule is NC[C@H](O)c1cc(OP)cc2c1OCC(=O)N2. The van der Waals surface area contributed by atoms with Crippen LogP contribution in [0, 0.1) is 0 Å². The van der Waals surface area contributed by atoms with Crippen molar-refractivity contribution in [1.82, 2.24) is 0 Å². The number of aliphatic hydroxyl groups is 1. The summed E-state index contributed by atoms with van der Waals surface area (Å²) >= 11 is 0. The van der Waals surface area contributed by atoms with Gasteiger partial charge >= 0.3 is 0 Å². The standard InChI is InChI=1S/C10H13N2O4P/c11-3-8(13)6-1-5(16-17)2-7-10(6)15-4-9(14)12-7/h1-2,8,13H,3-4,11,17H2,(H,12,14)/t8-/m0/s1. The second-order valence-corrected chi connectivity index (χ2v) is 3.83. The summed E-state index contributed by atoms with van der Waals surface area (Å²) in [5.74, 6) is 0.682. The van der Waals surface area contributed by atoms with Gasteiger partial charge in [-0.25, -0.2) is 0 Å². The molecule has 1 heterocycles. The van der Waals surface area contributed by atoms with Gasteiger partial charge in [-0.15, -0.1) is 0 Å². The van der Waals surface area contributed by atoms with E-state index < -0.39 is 6.10 Å². The summed E-state index contributed by atoms with van der Waals surface area (Å²) < 4.78 is 10.3. The first-order chi connectivity index (χ1) is 8.15. The molecule has 6 nitrogen and oxygen atoms in total. The Hall–Kier alpha value is -1.36. The normalized spacial score (nSPS) is 15.6. The molecule has 1 aromatic carbocycles. The van der Waals surface area contributed by atoms with E-state index in [0.717, 1.165) is 0 Å². The van der Waals surface area contributed by atoms with E-state index in [0.29, 0.717) is 22.7 Å². The highest BCUT2D eigenvalue weighted by Crippen LogP contribution is 2.39. The predicted octanol–water partition coefficient (Wildman–Crippen LogP) is 0.178. The lowest BCUT2D eigenvalue weighted by atomic mass is 10.1. The van der Waals surface area contributed by atoms with Crippen LogP contribution >= 0.6 is 9.47 Å². The zero-order valence-electron chi connectivity index (χ0n) is 8.97. The van der Waals surface area contributed by atoms with E-state index in [4.69, 9.17) is 15.0 Å². The van der Waals surface area contributed by atoms with E-state index in [1.807, 2.05) is 0 Å². The molecule has 2 atom stereocenters. The number of carbonyl (C=O) groups is 1. The molecular formula is C10H13N2O4P. The minimum Gasteiger partial charge on any atom is -0.481 e. The molecule has 92 valence electrons. The van der Waals surface area contributed by atoms with Crippen molar-refractivity contribution in [3.05, 3.63) is 17.7 Å². The van der Waals surface area contributed by atoms with Crippen LogP contribution < -0.4 is 20.3 Å². The van der Waals surface area contributed by atoms with Crippen molar-refractivity contribution >= 4 is 21.1 Å². The third kappa shape index (κ3) is 2.34. The third-order valence-electron chi connectivity index (χ3n) is 2.43. The quantitative estimate of drug-likeness (QED) is 0.671. The second kappa shape index (κ2) is 4.87. The highest BCUT2D eigenvalue weighted by Gasteiger charge is 2.23. The highest BCUT2D eigenvalue weighted by molar-refractivity contribution is 7.10. The third-order valence-corrected chi connectivity index (χ3v) is 2.70. The Morgan fingerprint density at radius 2 is 2.41 bits per heavy atom. The zero-order chi connectivity index (χ0) is 12.4. The minimum atomic E-state index is -0.862. The first-order valence-electron chi connectivity index (χ1n) is 5.01. The maximum absolute atomic E-state index is 11.2. The van der Waals surface area contributed by atoms with Crippen LogP contribution in [-0.4, -0.2) is 24.2 Å². The number of fused-ring (bicyclic) bond motifs is 1. The molecule has 4 N–H and O–H groups in total. The molecule has 0 saturated carbocycles. The summed E-state index contributed by atoms with van der Waals surface area (Å²) in [6.07, 6.45) is -0.862. The largest absolute Gasteiger partial charge is 0.481 e. The molecule has 2 rings (SSSR count). The van der Waals surface area contributed by atoms with Gasteiger partial charge in [0.2, 0.25) is 0 Å². The van der Waals surface area contributed by atoms with E-state index >= 15 is 0 Å². The molecule has 7 heteroatoms. The number of hydrogen-bond acceptors (Lipinski definition) is 5. The first kappa shape index (κ1) is 12.1. The lowest BCUT2D eigenvalue weighted by Gasteiger charge is -2.23. The summed E-state index contributed by atoms with van der Waals surface area (Å²) in [5.41, 5.74) is 6.40. The van der Waals surface area contributed by atoms with Crippen LogP contribution in [0.25, 0.3) is 0 Å².